The Kier molecular flexibility index (Phi) is 4.09. The highest BCUT2D eigenvalue weighted by atomic mass is 35.5. The molecule has 2 aromatic rings. The van der Waals surface area contributed by atoms with Crippen LogP contribution in [0.1, 0.15) is 36.7 Å². The molecule has 0 saturated carbocycles. The average Bonchev–Trinajstić information content (AvgIpc) is 2.40. The number of anilines is 1. The second-order valence-electron chi connectivity index (χ2n) is 5.59. The maximum Gasteiger partial charge on any atom is 0.256 e. The molecule has 20 heavy (non-hydrogen) atoms. The predicted octanol–water partition coefficient (Wildman–Crippen LogP) is 4.28. The minimum atomic E-state index is -0.176. The van der Waals surface area contributed by atoms with Crippen molar-refractivity contribution in [1.29, 1.82) is 0 Å². The molecule has 0 aliphatic heterocycles. The van der Waals surface area contributed by atoms with Gasteiger partial charge in [0.25, 0.3) is 5.91 Å². The molecular weight excluding hydrogens is 272 g/mol. The highest BCUT2D eigenvalue weighted by molar-refractivity contribution is 6.32. The van der Waals surface area contributed by atoms with Crippen molar-refractivity contribution >= 4 is 23.2 Å². The van der Waals surface area contributed by atoms with Gasteiger partial charge < -0.3 is 5.32 Å². The molecule has 1 N–H and O–H groups in total. The third kappa shape index (κ3) is 3.17. The van der Waals surface area contributed by atoms with Gasteiger partial charge in [-0.15, -0.1) is 0 Å². The number of benzene rings is 1. The summed E-state index contributed by atoms with van der Waals surface area (Å²) < 4.78 is 0. The summed E-state index contributed by atoms with van der Waals surface area (Å²) in [5, 5.41) is 3.09. The molecule has 1 aromatic heterocycles. The molecule has 1 amide bonds. The molecule has 1 aromatic carbocycles. The number of nitrogens with one attached hydrogen (secondary N) is 1. The van der Waals surface area contributed by atoms with E-state index in [1.807, 2.05) is 24.3 Å². The Bertz CT molecular complexity index is 632. The summed E-state index contributed by atoms with van der Waals surface area (Å²) in [5.74, 6) is -0.176. The standard InChI is InChI=1S/C16H17ClN2O/c1-16(2,3)12-8-5-4-7-11(12)15(20)19-13-9-6-10-18-14(13)17/h4-10H,1-3H3,(H,19,20). The number of halogens is 1. The van der Waals surface area contributed by atoms with Crippen LogP contribution in [0.15, 0.2) is 42.6 Å². The Morgan fingerprint density at radius 2 is 1.85 bits per heavy atom. The summed E-state index contributed by atoms with van der Waals surface area (Å²) in [6, 6.07) is 11.0. The fourth-order valence-corrected chi connectivity index (χ4v) is 2.17. The quantitative estimate of drug-likeness (QED) is 0.838. The van der Waals surface area contributed by atoms with Crippen molar-refractivity contribution in [3.63, 3.8) is 0 Å². The van der Waals surface area contributed by atoms with Gasteiger partial charge in [0.15, 0.2) is 5.15 Å². The molecule has 0 spiro atoms. The number of rotatable bonds is 2. The Hall–Kier alpha value is -1.87. The van der Waals surface area contributed by atoms with E-state index in [-0.39, 0.29) is 16.5 Å². The Morgan fingerprint density at radius 3 is 2.50 bits per heavy atom. The van der Waals surface area contributed by atoms with Crippen molar-refractivity contribution in [2.24, 2.45) is 0 Å². The van der Waals surface area contributed by atoms with Gasteiger partial charge in [0.05, 0.1) is 5.69 Å². The first-order chi connectivity index (χ1) is 9.39. The lowest BCUT2D eigenvalue weighted by atomic mass is 9.83. The maximum absolute atomic E-state index is 12.4. The van der Waals surface area contributed by atoms with E-state index in [4.69, 9.17) is 11.6 Å². The van der Waals surface area contributed by atoms with Gasteiger partial charge in [-0.1, -0.05) is 50.6 Å². The second-order valence-corrected chi connectivity index (χ2v) is 5.95. The van der Waals surface area contributed by atoms with Gasteiger partial charge in [0.1, 0.15) is 0 Å². The SMILES string of the molecule is CC(C)(C)c1ccccc1C(=O)Nc1cccnc1Cl. The van der Waals surface area contributed by atoms with Gasteiger partial charge in [0.2, 0.25) is 0 Å². The van der Waals surface area contributed by atoms with Crippen LogP contribution in [0.3, 0.4) is 0 Å². The number of hydrogen-bond acceptors (Lipinski definition) is 2. The molecule has 0 unspecified atom stereocenters. The van der Waals surface area contributed by atoms with Crippen LogP contribution in [0.4, 0.5) is 5.69 Å². The fourth-order valence-electron chi connectivity index (χ4n) is 2.00. The molecule has 104 valence electrons. The first-order valence-corrected chi connectivity index (χ1v) is 6.79. The van der Waals surface area contributed by atoms with E-state index in [0.717, 1.165) is 5.56 Å². The van der Waals surface area contributed by atoms with E-state index in [0.29, 0.717) is 11.3 Å². The first-order valence-electron chi connectivity index (χ1n) is 6.41. The minimum absolute atomic E-state index is 0.104. The van der Waals surface area contributed by atoms with Gasteiger partial charge in [-0.3, -0.25) is 4.79 Å². The fraction of sp³-hybridized carbons (Fsp3) is 0.250. The molecule has 4 heteroatoms. The van der Waals surface area contributed by atoms with E-state index >= 15 is 0 Å². The van der Waals surface area contributed by atoms with Gasteiger partial charge >= 0.3 is 0 Å². The van der Waals surface area contributed by atoms with Crippen LogP contribution in [-0.2, 0) is 5.41 Å². The number of aromatic nitrogens is 1. The molecule has 0 saturated heterocycles. The van der Waals surface area contributed by atoms with Crippen LogP contribution in [0.2, 0.25) is 5.15 Å². The average molecular weight is 289 g/mol. The zero-order chi connectivity index (χ0) is 14.8. The highest BCUT2D eigenvalue weighted by Gasteiger charge is 2.21. The topological polar surface area (TPSA) is 42.0 Å². The molecule has 0 aliphatic carbocycles. The van der Waals surface area contributed by atoms with E-state index in [1.54, 1.807) is 18.3 Å². The van der Waals surface area contributed by atoms with Gasteiger partial charge in [-0.2, -0.15) is 0 Å². The Morgan fingerprint density at radius 1 is 1.15 bits per heavy atom. The number of hydrogen-bond donors (Lipinski definition) is 1. The van der Waals surface area contributed by atoms with Crippen LogP contribution in [0, 0.1) is 0 Å². The molecule has 0 atom stereocenters. The molecule has 0 aliphatic rings. The summed E-state index contributed by atoms with van der Waals surface area (Å²) in [6.07, 6.45) is 1.58. The summed E-state index contributed by atoms with van der Waals surface area (Å²) in [4.78, 5) is 16.4. The third-order valence-corrected chi connectivity index (χ3v) is 3.29. The van der Waals surface area contributed by atoms with Gasteiger partial charge in [-0.25, -0.2) is 4.98 Å². The lowest BCUT2D eigenvalue weighted by Gasteiger charge is -2.22. The number of carbonyl (C=O) groups is 1. The van der Waals surface area contributed by atoms with Gasteiger partial charge in [-0.05, 0) is 29.2 Å². The number of nitrogens with zero attached hydrogens (tertiary/aromatic N) is 1. The van der Waals surface area contributed by atoms with Crippen molar-refractivity contribution in [2.45, 2.75) is 26.2 Å². The van der Waals surface area contributed by atoms with Crippen molar-refractivity contribution < 1.29 is 4.79 Å². The number of amides is 1. The monoisotopic (exact) mass is 288 g/mol. The molecule has 0 fully saturated rings. The summed E-state index contributed by atoms with van der Waals surface area (Å²) in [6.45, 7) is 6.24. The second kappa shape index (κ2) is 5.63. The number of carbonyl (C=O) groups excluding carboxylic acids is 1. The molecule has 0 radical (unpaired) electrons. The smallest absolute Gasteiger partial charge is 0.256 e. The Labute approximate surface area is 124 Å². The maximum atomic E-state index is 12.4. The lowest BCUT2D eigenvalue weighted by molar-refractivity contribution is 0.102. The number of pyridine rings is 1. The van der Waals surface area contributed by atoms with Crippen molar-refractivity contribution in [1.82, 2.24) is 4.98 Å². The van der Waals surface area contributed by atoms with Gasteiger partial charge in [0, 0.05) is 11.8 Å². The highest BCUT2D eigenvalue weighted by Crippen LogP contribution is 2.27. The third-order valence-electron chi connectivity index (χ3n) is 2.99. The van der Waals surface area contributed by atoms with Crippen LogP contribution >= 0.6 is 11.6 Å². The minimum Gasteiger partial charge on any atom is -0.319 e. The summed E-state index contributed by atoms with van der Waals surface area (Å²) in [5.41, 5.74) is 2.06. The molecule has 1 heterocycles. The summed E-state index contributed by atoms with van der Waals surface area (Å²) in [7, 11) is 0. The normalized spacial score (nSPS) is 11.2. The van der Waals surface area contributed by atoms with Crippen LogP contribution < -0.4 is 5.32 Å². The van der Waals surface area contributed by atoms with E-state index in [2.05, 4.69) is 31.1 Å². The van der Waals surface area contributed by atoms with Crippen molar-refractivity contribution in [3.8, 4) is 0 Å². The molecular formula is C16H17ClN2O. The zero-order valence-corrected chi connectivity index (χ0v) is 12.5. The van der Waals surface area contributed by atoms with Crippen LogP contribution in [0.5, 0.6) is 0 Å². The zero-order valence-electron chi connectivity index (χ0n) is 11.8. The molecule has 0 bridgehead atoms. The van der Waals surface area contributed by atoms with Crippen molar-refractivity contribution in [3.05, 3.63) is 58.9 Å². The van der Waals surface area contributed by atoms with Crippen LogP contribution in [0.25, 0.3) is 0 Å². The lowest BCUT2D eigenvalue weighted by Crippen LogP contribution is -2.21. The van der Waals surface area contributed by atoms with Crippen molar-refractivity contribution in [2.75, 3.05) is 5.32 Å². The van der Waals surface area contributed by atoms with E-state index in [1.165, 1.54) is 0 Å². The predicted molar refractivity (Wildman–Crippen MR) is 82.3 cm³/mol. The molecule has 3 nitrogen and oxygen atoms in total. The largest absolute Gasteiger partial charge is 0.319 e. The van der Waals surface area contributed by atoms with Crippen LogP contribution in [-0.4, -0.2) is 10.9 Å². The first kappa shape index (κ1) is 14.5. The molecule has 2 rings (SSSR count). The summed E-state index contributed by atoms with van der Waals surface area (Å²) >= 11 is 5.96. The van der Waals surface area contributed by atoms with E-state index < -0.39 is 0 Å². The van der Waals surface area contributed by atoms with E-state index in [9.17, 15) is 4.79 Å². The Balaban J connectivity index is 2.34.